The summed E-state index contributed by atoms with van der Waals surface area (Å²) < 4.78 is 0. The van der Waals surface area contributed by atoms with Crippen molar-refractivity contribution in [1.29, 1.82) is 0 Å². The fraction of sp³-hybridized carbons (Fsp3) is 0.917. The van der Waals surface area contributed by atoms with Crippen LogP contribution < -0.4 is 16.4 Å². The third kappa shape index (κ3) is 4.84. The molecule has 2 unspecified atom stereocenters. The second kappa shape index (κ2) is 7.49. The minimum atomic E-state index is -0.0498. The largest absolute Gasteiger partial charge is 0.338 e. The Bertz CT molecular complexity index is 208. The highest BCUT2D eigenvalue weighted by Gasteiger charge is 2.21. The highest BCUT2D eigenvalue weighted by Crippen LogP contribution is 2.21. The number of amides is 2. The van der Waals surface area contributed by atoms with E-state index in [1.807, 2.05) is 0 Å². The lowest BCUT2D eigenvalue weighted by atomic mass is 9.85. The van der Waals surface area contributed by atoms with Gasteiger partial charge in [-0.15, -0.1) is 0 Å². The van der Waals surface area contributed by atoms with Gasteiger partial charge in [-0.25, -0.2) is 4.79 Å². The molecule has 0 bridgehead atoms. The zero-order valence-corrected chi connectivity index (χ0v) is 10.3. The van der Waals surface area contributed by atoms with Crippen molar-refractivity contribution in [3.63, 3.8) is 0 Å². The average Bonchev–Trinajstić information content (AvgIpc) is 2.28. The highest BCUT2D eigenvalue weighted by atomic mass is 16.2. The Morgan fingerprint density at radius 1 is 1.31 bits per heavy atom. The molecule has 1 saturated carbocycles. The molecule has 4 nitrogen and oxygen atoms in total. The van der Waals surface area contributed by atoms with Gasteiger partial charge in [-0.3, -0.25) is 0 Å². The summed E-state index contributed by atoms with van der Waals surface area (Å²) in [6.45, 7) is 3.60. The van der Waals surface area contributed by atoms with E-state index in [4.69, 9.17) is 5.73 Å². The number of hydrogen-bond donors (Lipinski definition) is 3. The normalized spacial score (nSPS) is 25.1. The molecule has 16 heavy (non-hydrogen) atoms. The number of carbonyl (C=O) groups excluding carboxylic acids is 1. The summed E-state index contributed by atoms with van der Waals surface area (Å²) in [4.78, 5) is 11.4. The van der Waals surface area contributed by atoms with Crippen LogP contribution in [-0.2, 0) is 0 Å². The summed E-state index contributed by atoms with van der Waals surface area (Å²) in [6.07, 6.45) is 6.88. The lowest BCUT2D eigenvalue weighted by Gasteiger charge is -2.28. The van der Waals surface area contributed by atoms with Gasteiger partial charge in [-0.2, -0.15) is 0 Å². The summed E-state index contributed by atoms with van der Waals surface area (Å²) in [7, 11) is 0. The van der Waals surface area contributed by atoms with Crippen LogP contribution in [0.25, 0.3) is 0 Å². The van der Waals surface area contributed by atoms with Crippen LogP contribution in [0.1, 0.15) is 45.4 Å². The Morgan fingerprint density at radius 3 is 2.75 bits per heavy atom. The standard InChI is InChI=1S/C12H25N3O/c1-2-3-8-14-12(16)15-9-10-6-4-5-7-11(10)13/h10-11H,2-9,13H2,1H3,(H2,14,15,16). The summed E-state index contributed by atoms with van der Waals surface area (Å²) in [5, 5.41) is 5.76. The zero-order chi connectivity index (χ0) is 11.8. The molecule has 2 atom stereocenters. The van der Waals surface area contributed by atoms with E-state index in [1.54, 1.807) is 0 Å². The molecular weight excluding hydrogens is 202 g/mol. The monoisotopic (exact) mass is 227 g/mol. The van der Waals surface area contributed by atoms with E-state index in [0.29, 0.717) is 5.92 Å². The highest BCUT2D eigenvalue weighted by molar-refractivity contribution is 5.73. The number of rotatable bonds is 5. The minimum Gasteiger partial charge on any atom is -0.338 e. The summed E-state index contributed by atoms with van der Waals surface area (Å²) in [5.74, 6) is 0.464. The van der Waals surface area contributed by atoms with Gasteiger partial charge in [-0.05, 0) is 25.2 Å². The maximum absolute atomic E-state index is 11.4. The Hall–Kier alpha value is -0.770. The number of unbranched alkanes of at least 4 members (excludes halogenated alkanes) is 1. The molecule has 0 aromatic heterocycles. The first-order valence-corrected chi connectivity index (χ1v) is 6.51. The summed E-state index contributed by atoms with van der Waals surface area (Å²) in [6, 6.07) is 0.218. The van der Waals surface area contributed by atoms with Crippen LogP contribution in [0.5, 0.6) is 0 Å². The number of urea groups is 1. The van der Waals surface area contributed by atoms with Gasteiger partial charge in [0.05, 0.1) is 0 Å². The summed E-state index contributed by atoms with van der Waals surface area (Å²) >= 11 is 0. The molecule has 0 aromatic rings. The van der Waals surface area contributed by atoms with E-state index in [9.17, 15) is 4.79 Å². The van der Waals surface area contributed by atoms with Crippen molar-refractivity contribution in [2.75, 3.05) is 13.1 Å². The third-order valence-electron chi connectivity index (χ3n) is 3.31. The van der Waals surface area contributed by atoms with Gasteiger partial charge in [-0.1, -0.05) is 26.2 Å². The van der Waals surface area contributed by atoms with Crippen LogP contribution in [0, 0.1) is 5.92 Å². The molecule has 1 aliphatic rings. The van der Waals surface area contributed by atoms with Gasteiger partial charge in [0.25, 0.3) is 0 Å². The predicted molar refractivity (Wildman–Crippen MR) is 66.2 cm³/mol. The van der Waals surface area contributed by atoms with Gasteiger partial charge >= 0.3 is 6.03 Å². The first-order chi connectivity index (χ1) is 7.74. The Balaban J connectivity index is 2.10. The van der Waals surface area contributed by atoms with Crippen LogP contribution in [0.15, 0.2) is 0 Å². The molecule has 4 heteroatoms. The third-order valence-corrected chi connectivity index (χ3v) is 3.31. The van der Waals surface area contributed by atoms with E-state index < -0.39 is 0 Å². The van der Waals surface area contributed by atoms with Crippen LogP contribution >= 0.6 is 0 Å². The number of hydrogen-bond acceptors (Lipinski definition) is 2. The van der Waals surface area contributed by atoms with E-state index in [2.05, 4.69) is 17.6 Å². The molecule has 1 rings (SSSR count). The van der Waals surface area contributed by atoms with Crippen LogP contribution in [0.2, 0.25) is 0 Å². The maximum atomic E-state index is 11.4. The molecule has 1 aliphatic carbocycles. The van der Waals surface area contributed by atoms with Gasteiger partial charge in [0, 0.05) is 19.1 Å². The Kier molecular flexibility index (Phi) is 6.23. The number of nitrogens with one attached hydrogen (secondary N) is 2. The fourth-order valence-corrected chi connectivity index (χ4v) is 2.15. The molecule has 2 amide bonds. The van der Waals surface area contributed by atoms with Crippen molar-refractivity contribution < 1.29 is 4.79 Å². The quantitative estimate of drug-likeness (QED) is 0.625. The molecule has 0 saturated heterocycles. The van der Waals surface area contributed by atoms with E-state index in [0.717, 1.165) is 38.8 Å². The lowest BCUT2D eigenvalue weighted by Crippen LogP contribution is -2.44. The van der Waals surface area contributed by atoms with E-state index in [-0.39, 0.29) is 12.1 Å². The number of nitrogens with two attached hydrogens (primary N) is 1. The van der Waals surface area contributed by atoms with Gasteiger partial charge in [0.15, 0.2) is 0 Å². The molecule has 4 N–H and O–H groups in total. The molecule has 0 spiro atoms. The Morgan fingerprint density at radius 2 is 2.06 bits per heavy atom. The van der Waals surface area contributed by atoms with Crippen LogP contribution in [0.4, 0.5) is 4.79 Å². The average molecular weight is 227 g/mol. The van der Waals surface area contributed by atoms with E-state index in [1.165, 1.54) is 12.8 Å². The maximum Gasteiger partial charge on any atom is 0.314 e. The Labute approximate surface area is 98.3 Å². The van der Waals surface area contributed by atoms with Crippen molar-refractivity contribution in [2.45, 2.75) is 51.5 Å². The second-order valence-corrected chi connectivity index (χ2v) is 4.70. The van der Waals surface area contributed by atoms with E-state index >= 15 is 0 Å². The molecule has 0 radical (unpaired) electrons. The molecule has 94 valence electrons. The summed E-state index contributed by atoms with van der Waals surface area (Å²) in [5.41, 5.74) is 6.02. The lowest BCUT2D eigenvalue weighted by molar-refractivity contribution is 0.233. The zero-order valence-electron chi connectivity index (χ0n) is 10.3. The molecule has 0 aliphatic heterocycles. The van der Waals surface area contributed by atoms with Gasteiger partial charge in [0.2, 0.25) is 0 Å². The predicted octanol–water partition coefficient (Wildman–Crippen LogP) is 1.60. The second-order valence-electron chi connectivity index (χ2n) is 4.70. The van der Waals surface area contributed by atoms with Crippen molar-refractivity contribution in [3.05, 3.63) is 0 Å². The van der Waals surface area contributed by atoms with Crippen molar-refractivity contribution >= 4 is 6.03 Å². The first kappa shape index (κ1) is 13.3. The van der Waals surface area contributed by atoms with Gasteiger partial charge < -0.3 is 16.4 Å². The molecule has 0 heterocycles. The molecule has 1 fully saturated rings. The molecule has 0 aromatic carbocycles. The van der Waals surface area contributed by atoms with Gasteiger partial charge in [0.1, 0.15) is 0 Å². The number of carbonyl (C=O) groups is 1. The first-order valence-electron chi connectivity index (χ1n) is 6.51. The van der Waals surface area contributed by atoms with Crippen molar-refractivity contribution in [1.82, 2.24) is 10.6 Å². The SMILES string of the molecule is CCCCNC(=O)NCC1CCCCC1N. The molecular formula is C12H25N3O. The smallest absolute Gasteiger partial charge is 0.314 e. The van der Waals surface area contributed by atoms with Crippen LogP contribution in [-0.4, -0.2) is 25.2 Å². The minimum absolute atomic E-state index is 0.0498. The van der Waals surface area contributed by atoms with Crippen molar-refractivity contribution in [3.8, 4) is 0 Å². The van der Waals surface area contributed by atoms with Crippen LogP contribution in [0.3, 0.4) is 0 Å². The fourth-order valence-electron chi connectivity index (χ4n) is 2.15. The topological polar surface area (TPSA) is 67.2 Å². The van der Waals surface area contributed by atoms with Crippen molar-refractivity contribution in [2.24, 2.45) is 11.7 Å².